The quantitative estimate of drug-likeness (QED) is 0.0568. The molecule has 0 bridgehead atoms. The number of anilines is 2. The third kappa shape index (κ3) is 13.6. The van der Waals surface area contributed by atoms with Crippen LogP contribution in [-0.2, 0) is 33.3 Å². The number of esters is 3. The SMILES string of the molecule is CCOC(=O)/C(C#N)=C/c1ccc(N(CC)CCCC(=O)OCCOC(=O)NCCN(CC)c2ccc(/C=C(\C#N)C(=O)OCC)c(O)c2)cc1O. The molecule has 0 atom stereocenters. The Morgan fingerprint density at radius 3 is 1.65 bits per heavy atom. The van der Waals surface area contributed by atoms with E-state index in [4.69, 9.17) is 18.9 Å². The summed E-state index contributed by atoms with van der Waals surface area (Å²) in [6.45, 7) is 9.28. The Morgan fingerprint density at radius 1 is 0.731 bits per heavy atom. The maximum atomic E-state index is 12.2. The highest BCUT2D eigenvalue weighted by atomic mass is 16.6. The van der Waals surface area contributed by atoms with Gasteiger partial charge in [-0.2, -0.15) is 10.5 Å². The number of aromatic hydroxyl groups is 2. The van der Waals surface area contributed by atoms with Gasteiger partial charge in [-0.15, -0.1) is 0 Å². The summed E-state index contributed by atoms with van der Waals surface area (Å²) in [6, 6.07) is 13.2. The van der Waals surface area contributed by atoms with E-state index in [1.165, 1.54) is 24.3 Å². The van der Waals surface area contributed by atoms with Gasteiger partial charge in [-0.25, -0.2) is 14.4 Å². The summed E-state index contributed by atoms with van der Waals surface area (Å²) < 4.78 is 20.0. The zero-order chi connectivity index (χ0) is 38.5. The monoisotopic (exact) mass is 719 g/mol. The lowest BCUT2D eigenvalue weighted by Gasteiger charge is -2.23. The van der Waals surface area contributed by atoms with Crippen LogP contribution in [0.5, 0.6) is 11.5 Å². The minimum Gasteiger partial charge on any atom is -0.507 e. The van der Waals surface area contributed by atoms with E-state index < -0.39 is 24.0 Å². The second kappa shape index (κ2) is 22.5. The van der Waals surface area contributed by atoms with Crippen LogP contribution in [0, 0.1) is 22.7 Å². The number of carbonyl (C=O) groups is 4. The van der Waals surface area contributed by atoms with Crippen LogP contribution in [0.3, 0.4) is 0 Å². The topological polar surface area (TPSA) is 212 Å². The van der Waals surface area contributed by atoms with E-state index in [0.29, 0.717) is 44.0 Å². The van der Waals surface area contributed by atoms with E-state index in [0.717, 1.165) is 0 Å². The van der Waals surface area contributed by atoms with Gasteiger partial charge in [-0.3, -0.25) is 4.79 Å². The maximum Gasteiger partial charge on any atom is 0.407 e. The predicted molar refractivity (Wildman–Crippen MR) is 192 cm³/mol. The third-order valence-electron chi connectivity index (χ3n) is 7.39. The fourth-order valence-electron chi connectivity index (χ4n) is 4.76. The Morgan fingerprint density at radius 2 is 1.21 bits per heavy atom. The van der Waals surface area contributed by atoms with Crippen LogP contribution in [0.4, 0.5) is 16.2 Å². The number of hydrogen-bond donors (Lipinski definition) is 3. The molecule has 0 aliphatic carbocycles. The zero-order valence-corrected chi connectivity index (χ0v) is 29.8. The Kier molecular flexibility index (Phi) is 18.1. The first kappa shape index (κ1) is 41.9. The number of phenolic OH excluding ortho intramolecular Hbond substituents is 2. The molecule has 15 nitrogen and oxygen atoms in total. The Balaban J connectivity index is 1.74. The molecule has 0 aliphatic heterocycles. The van der Waals surface area contributed by atoms with Crippen molar-refractivity contribution in [3.8, 4) is 23.6 Å². The molecule has 0 saturated heterocycles. The molecule has 52 heavy (non-hydrogen) atoms. The molecule has 278 valence electrons. The van der Waals surface area contributed by atoms with Crippen LogP contribution in [-0.4, -0.2) is 93.4 Å². The number of nitrogens with zero attached hydrogens (tertiary/aromatic N) is 4. The van der Waals surface area contributed by atoms with E-state index in [9.17, 15) is 39.9 Å². The minimum absolute atomic E-state index is 0.116. The van der Waals surface area contributed by atoms with Crippen molar-refractivity contribution in [1.82, 2.24) is 5.32 Å². The molecular weight excluding hydrogens is 674 g/mol. The average molecular weight is 720 g/mol. The molecule has 0 saturated carbocycles. The van der Waals surface area contributed by atoms with Crippen molar-refractivity contribution >= 4 is 47.5 Å². The van der Waals surface area contributed by atoms with Gasteiger partial charge < -0.3 is 44.3 Å². The number of nitrogens with one attached hydrogen (secondary N) is 1. The van der Waals surface area contributed by atoms with E-state index in [2.05, 4.69) is 5.32 Å². The van der Waals surface area contributed by atoms with Crippen LogP contribution < -0.4 is 15.1 Å². The normalized spacial score (nSPS) is 11.0. The van der Waals surface area contributed by atoms with Crippen molar-refractivity contribution in [2.24, 2.45) is 0 Å². The second-order valence-corrected chi connectivity index (χ2v) is 10.8. The summed E-state index contributed by atoms with van der Waals surface area (Å²) in [4.78, 5) is 52.0. The summed E-state index contributed by atoms with van der Waals surface area (Å²) in [6.07, 6.45) is 2.40. The maximum absolute atomic E-state index is 12.2. The molecule has 0 aromatic heterocycles. The number of likely N-dealkylation sites (N-methyl/N-ethyl adjacent to an activating group) is 1. The van der Waals surface area contributed by atoms with E-state index in [-0.39, 0.29) is 73.2 Å². The molecular formula is C37H45N5O10. The number of ether oxygens (including phenoxy) is 4. The molecule has 0 radical (unpaired) electrons. The van der Waals surface area contributed by atoms with Crippen molar-refractivity contribution in [1.29, 1.82) is 10.5 Å². The molecule has 3 N–H and O–H groups in total. The van der Waals surface area contributed by atoms with Gasteiger partial charge in [0.05, 0.1) is 13.2 Å². The van der Waals surface area contributed by atoms with Gasteiger partial charge in [0.1, 0.15) is 48.0 Å². The molecule has 0 aliphatic rings. The van der Waals surface area contributed by atoms with Crippen molar-refractivity contribution in [2.45, 2.75) is 40.5 Å². The van der Waals surface area contributed by atoms with Gasteiger partial charge in [-0.05, 0) is 70.5 Å². The molecule has 1 amide bonds. The second-order valence-electron chi connectivity index (χ2n) is 10.8. The average Bonchev–Trinajstić information content (AvgIpc) is 3.13. The van der Waals surface area contributed by atoms with E-state index in [1.54, 1.807) is 50.3 Å². The molecule has 2 aromatic carbocycles. The molecule has 2 aromatic rings. The van der Waals surface area contributed by atoms with E-state index >= 15 is 0 Å². The van der Waals surface area contributed by atoms with Gasteiger partial charge in [0, 0.05) is 73.8 Å². The smallest absolute Gasteiger partial charge is 0.407 e. The lowest BCUT2D eigenvalue weighted by molar-refractivity contribution is -0.144. The number of benzene rings is 2. The highest BCUT2D eigenvalue weighted by Crippen LogP contribution is 2.28. The van der Waals surface area contributed by atoms with Crippen LogP contribution >= 0.6 is 0 Å². The first-order valence-corrected chi connectivity index (χ1v) is 16.8. The van der Waals surface area contributed by atoms with Crippen LogP contribution in [0.1, 0.15) is 51.7 Å². The number of nitriles is 2. The summed E-state index contributed by atoms with van der Waals surface area (Å²) in [5.74, 6) is -2.27. The number of alkyl carbamates (subject to hydrolysis) is 1. The Hall–Kier alpha value is -6.22. The van der Waals surface area contributed by atoms with Crippen LogP contribution in [0.25, 0.3) is 12.2 Å². The fourth-order valence-corrected chi connectivity index (χ4v) is 4.76. The molecule has 0 heterocycles. The zero-order valence-electron chi connectivity index (χ0n) is 29.8. The van der Waals surface area contributed by atoms with Crippen molar-refractivity contribution in [2.75, 3.05) is 69.0 Å². The third-order valence-corrected chi connectivity index (χ3v) is 7.39. The number of carbonyl (C=O) groups excluding carboxylic acids is 4. The molecule has 0 fully saturated rings. The van der Waals surface area contributed by atoms with Gasteiger partial charge in [0.15, 0.2) is 0 Å². The van der Waals surface area contributed by atoms with Crippen LogP contribution in [0.2, 0.25) is 0 Å². The summed E-state index contributed by atoms with van der Waals surface area (Å²) in [7, 11) is 0. The predicted octanol–water partition coefficient (Wildman–Crippen LogP) is 4.44. The molecule has 2 rings (SSSR count). The molecule has 0 spiro atoms. The first-order valence-electron chi connectivity index (χ1n) is 16.8. The highest BCUT2D eigenvalue weighted by molar-refractivity contribution is 5.99. The summed E-state index contributed by atoms with van der Waals surface area (Å²) in [5, 5.41) is 42.1. The van der Waals surface area contributed by atoms with Crippen LogP contribution in [0.15, 0.2) is 47.5 Å². The van der Waals surface area contributed by atoms with Gasteiger partial charge >= 0.3 is 24.0 Å². The molecule has 15 heteroatoms. The highest BCUT2D eigenvalue weighted by Gasteiger charge is 2.15. The lowest BCUT2D eigenvalue weighted by atomic mass is 10.1. The Labute approximate surface area is 303 Å². The lowest BCUT2D eigenvalue weighted by Crippen LogP contribution is -2.35. The largest absolute Gasteiger partial charge is 0.507 e. The van der Waals surface area contributed by atoms with Gasteiger partial charge in [-0.1, -0.05) is 0 Å². The minimum atomic E-state index is -0.778. The van der Waals surface area contributed by atoms with Crippen molar-refractivity contribution < 1.29 is 48.3 Å². The number of amides is 1. The fraction of sp³-hybridized carbons (Fsp3) is 0.405. The van der Waals surface area contributed by atoms with Gasteiger partial charge in [0.25, 0.3) is 0 Å². The first-order chi connectivity index (χ1) is 25.0. The van der Waals surface area contributed by atoms with E-state index in [1.807, 2.05) is 23.6 Å². The standard InChI is InChI=1S/C37H45N5O10/c1-5-41(30-13-11-26(32(43)22-30)20-28(24-38)35(46)49-7-3)16-9-10-34(45)51-18-19-52-37(48)40-15-17-42(6-2)31-14-12-27(33(44)23-31)21-29(25-39)36(47)50-8-4/h11-14,20-23,43-44H,5-10,15-19H2,1-4H3,(H,40,48)/b28-20+,29-21+. The summed E-state index contributed by atoms with van der Waals surface area (Å²) in [5.41, 5.74) is 1.44. The number of hydrogen-bond acceptors (Lipinski definition) is 14. The van der Waals surface area contributed by atoms with Gasteiger partial charge in [0.2, 0.25) is 0 Å². The Bertz CT molecular complexity index is 1570. The van der Waals surface area contributed by atoms with Crippen molar-refractivity contribution in [3.05, 3.63) is 58.7 Å². The molecule has 0 unspecified atom stereocenters. The number of rotatable bonds is 20. The summed E-state index contributed by atoms with van der Waals surface area (Å²) >= 11 is 0. The number of phenols is 2. The van der Waals surface area contributed by atoms with Crippen molar-refractivity contribution in [3.63, 3.8) is 0 Å².